The van der Waals surface area contributed by atoms with Crippen molar-refractivity contribution >= 4 is 0 Å². The molecule has 0 radical (unpaired) electrons. The topological polar surface area (TPSA) is 67.5 Å². The average molecular weight is 349 g/mol. The molecule has 0 aliphatic rings. The van der Waals surface area contributed by atoms with E-state index in [0.717, 1.165) is 45.2 Å². The summed E-state index contributed by atoms with van der Waals surface area (Å²) in [7, 11) is 2.12. The predicted molar refractivity (Wildman–Crippen MR) is 105 cm³/mol. The van der Waals surface area contributed by atoms with Gasteiger partial charge in [-0.2, -0.15) is 5.26 Å². The quantitative estimate of drug-likeness (QED) is 0.350. The Morgan fingerprint density at radius 1 is 1.16 bits per heavy atom. The van der Waals surface area contributed by atoms with Crippen molar-refractivity contribution in [3.05, 3.63) is 37.0 Å². The van der Waals surface area contributed by atoms with E-state index in [0.29, 0.717) is 6.42 Å². The van der Waals surface area contributed by atoms with Crippen LogP contribution in [0, 0.1) is 22.7 Å². The minimum atomic E-state index is -0.437. The van der Waals surface area contributed by atoms with Gasteiger partial charge in [0.05, 0.1) is 24.7 Å². The van der Waals surface area contributed by atoms with Gasteiger partial charge in [0, 0.05) is 0 Å². The Kier molecular flexibility index (Phi) is 14.1. The van der Waals surface area contributed by atoms with Gasteiger partial charge >= 0.3 is 0 Å². The molecule has 0 aliphatic heterocycles. The molecule has 0 bridgehead atoms. The zero-order valence-electron chi connectivity index (χ0n) is 16.0. The van der Waals surface area contributed by atoms with Gasteiger partial charge in [0.2, 0.25) is 0 Å². The molecule has 0 aromatic carbocycles. The third kappa shape index (κ3) is 9.60. The van der Waals surface area contributed by atoms with Crippen molar-refractivity contribution in [3.63, 3.8) is 0 Å². The summed E-state index contributed by atoms with van der Waals surface area (Å²) in [5, 5.41) is 27.9. The summed E-state index contributed by atoms with van der Waals surface area (Å²) < 4.78 is 0. The zero-order chi connectivity index (χ0) is 19.0. The first-order chi connectivity index (χ1) is 12.1. The monoisotopic (exact) mass is 348 g/mol. The van der Waals surface area contributed by atoms with Crippen LogP contribution in [0.25, 0.3) is 0 Å². The average Bonchev–Trinajstić information content (AvgIpc) is 2.62. The number of unbranched alkanes of at least 4 members (excludes halogenated alkanes) is 1. The van der Waals surface area contributed by atoms with Gasteiger partial charge in [0.25, 0.3) is 0 Å². The molecule has 0 aromatic rings. The minimum Gasteiger partial charge on any atom is -0.392 e. The fourth-order valence-corrected chi connectivity index (χ4v) is 3.15. The molecule has 2 N–H and O–H groups in total. The number of rotatable bonds is 15. The molecule has 0 saturated carbocycles. The van der Waals surface area contributed by atoms with Gasteiger partial charge in [0.1, 0.15) is 0 Å². The van der Waals surface area contributed by atoms with Crippen LogP contribution in [0.1, 0.15) is 45.4 Å². The van der Waals surface area contributed by atoms with Crippen LogP contribution >= 0.6 is 0 Å². The number of hydrogen-bond donors (Lipinski definition) is 2. The summed E-state index contributed by atoms with van der Waals surface area (Å²) in [6.45, 7) is 7.83. The first kappa shape index (κ1) is 23.6. The molecule has 0 spiro atoms. The van der Waals surface area contributed by atoms with Crippen molar-refractivity contribution in [3.8, 4) is 6.07 Å². The highest BCUT2D eigenvalue weighted by atomic mass is 16.3. The van der Waals surface area contributed by atoms with Crippen LogP contribution in [0.4, 0.5) is 0 Å². The Bertz CT molecular complexity index is 440. The number of allylic oxidation sites excluding steroid dienone is 3. The van der Waals surface area contributed by atoms with E-state index in [2.05, 4.69) is 31.5 Å². The summed E-state index contributed by atoms with van der Waals surface area (Å²) in [6, 6.07) is 2.57. The number of nitrogens with zero attached hydrogens (tertiary/aromatic N) is 2. The molecule has 4 nitrogen and oxygen atoms in total. The Balaban J connectivity index is 4.84. The van der Waals surface area contributed by atoms with E-state index in [1.54, 1.807) is 12.2 Å². The first-order valence-electron chi connectivity index (χ1n) is 9.34. The fraction of sp³-hybridized carbons (Fsp3) is 0.667. The highest BCUT2D eigenvalue weighted by Gasteiger charge is 2.34. The van der Waals surface area contributed by atoms with Gasteiger partial charge in [-0.15, -0.1) is 6.58 Å². The van der Waals surface area contributed by atoms with Gasteiger partial charge in [-0.1, -0.05) is 37.3 Å². The van der Waals surface area contributed by atoms with Crippen molar-refractivity contribution in [1.29, 1.82) is 5.26 Å². The number of nitriles is 1. The van der Waals surface area contributed by atoms with E-state index in [-0.39, 0.29) is 19.1 Å². The maximum absolute atomic E-state index is 9.90. The van der Waals surface area contributed by atoms with Crippen molar-refractivity contribution in [2.75, 3.05) is 33.4 Å². The van der Waals surface area contributed by atoms with E-state index in [1.165, 1.54) is 0 Å². The summed E-state index contributed by atoms with van der Waals surface area (Å²) in [5.41, 5.74) is -0.437. The molecular formula is C21H36N2O2. The van der Waals surface area contributed by atoms with Crippen LogP contribution in [0.15, 0.2) is 37.0 Å². The standard InChI is InChI=1S/C21H36N2O2/c1-4-6-8-15-23(3)16-11-14-21(5-2,19-22)20(13-10-18-25)12-7-9-17-24/h4,7,9-10,13,20,24-25H,1,5-6,8,11-12,14-18H2,2-3H3/b9-7+,13-10+. The smallest absolute Gasteiger partial charge is 0.0695 e. The number of aliphatic hydroxyl groups excluding tert-OH is 2. The van der Waals surface area contributed by atoms with Crippen molar-refractivity contribution in [2.24, 2.45) is 11.3 Å². The maximum atomic E-state index is 9.90. The normalized spacial score (nSPS) is 15.5. The molecule has 0 fully saturated rings. The Labute approximate surface area is 154 Å². The third-order valence-corrected chi connectivity index (χ3v) is 4.81. The Hall–Kier alpha value is -1.41. The van der Waals surface area contributed by atoms with Crippen molar-refractivity contribution in [2.45, 2.75) is 45.4 Å². The Morgan fingerprint density at radius 2 is 1.84 bits per heavy atom. The largest absolute Gasteiger partial charge is 0.392 e. The second kappa shape index (κ2) is 14.9. The molecule has 25 heavy (non-hydrogen) atoms. The second-order valence-corrected chi connectivity index (χ2v) is 6.57. The van der Waals surface area contributed by atoms with Crippen molar-refractivity contribution < 1.29 is 10.2 Å². The van der Waals surface area contributed by atoms with E-state index < -0.39 is 5.41 Å². The molecule has 2 unspecified atom stereocenters. The highest BCUT2D eigenvalue weighted by molar-refractivity contribution is 5.11. The van der Waals surface area contributed by atoms with Crippen molar-refractivity contribution in [1.82, 2.24) is 4.90 Å². The van der Waals surface area contributed by atoms with Gasteiger partial charge in [-0.05, 0) is 64.6 Å². The lowest BCUT2D eigenvalue weighted by atomic mass is 9.69. The molecular weight excluding hydrogens is 312 g/mol. The molecule has 0 rings (SSSR count). The third-order valence-electron chi connectivity index (χ3n) is 4.81. The molecule has 0 saturated heterocycles. The lowest BCUT2D eigenvalue weighted by molar-refractivity contribution is 0.226. The molecule has 0 aromatic heterocycles. The lowest BCUT2D eigenvalue weighted by Crippen LogP contribution is -2.29. The SMILES string of the molecule is C=CCCCN(C)CCCC(C#N)(CC)C(/C=C/CO)C/C=C/CO. The predicted octanol–water partition coefficient (Wildman–Crippen LogP) is 3.69. The molecule has 0 heterocycles. The van der Waals surface area contributed by atoms with Crippen LogP contribution in [0.3, 0.4) is 0 Å². The van der Waals surface area contributed by atoms with Crippen LogP contribution in [-0.4, -0.2) is 48.5 Å². The Morgan fingerprint density at radius 3 is 2.40 bits per heavy atom. The molecule has 2 atom stereocenters. The van der Waals surface area contributed by atoms with Crippen LogP contribution in [-0.2, 0) is 0 Å². The van der Waals surface area contributed by atoms with E-state index in [1.807, 2.05) is 18.2 Å². The van der Waals surface area contributed by atoms with Gasteiger partial charge in [-0.25, -0.2) is 0 Å². The zero-order valence-corrected chi connectivity index (χ0v) is 16.0. The van der Waals surface area contributed by atoms with Crippen LogP contribution in [0.5, 0.6) is 0 Å². The number of hydrogen-bond acceptors (Lipinski definition) is 4. The molecule has 4 heteroatoms. The summed E-state index contributed by atoms with van der Waals surface area (Å²) in [5.74, 6) is 0.0449. The maximum Gasteiger partial charge on any atom is 0.0695 e. The minimum absolute atomic E-state index is 0.0115. The molecule has 142 valence electrons. The molecule has 0 amide bonds. The second-order valence-electron chi connectivity index (χ2n) is 6.57. The van der Waals surface area contributed by atoms with Gasteiger partial charge in [0.15, 0.2) is 0 Å². The highest BCUT2D eigenvalue weighted by Crippen LogP contribution is 2.39. The van der Waals surface area contributed by atoms with Gasteiger partial charge < -0.3 is 15.1 Å². The van der Waals surface area contributed by atoms with E-state index >= 15 is 0 Å². The van der Waals surface area contributed by atoms with E-state index in [9.17, 15) is 5.26 Å². The first-order valence-corrected chi connectivity index (χ1v) is 9.34. The van der Waals surface area contributed by atoms with Crippen LogP contribution < -0.4 is 0 Å². The summed E-state index contributed by atoms with van der Waals surface area (Å²) in [4.78, 5) is 2.31. The summed E-state index contributed by atoms with van der Waals surface area (Å²) >= 11 is 0. The lowest BCUT2D eigenvalue weighted by Gasteiger charge is -2.33. The molecule has 0 aliphatic carbocycles. The van der Waals surface area contributed by atoms with Crippen LogP contribution in [0.2, 0.25) is 0 Å². The number of aliphatic hydroxyl groups is 2. The summed E-state index contributed by atoms with van der Waals surface area (Å²) in [6.07, 6.45) is 14.7. The van der Waals surface area contributed by atoms with Gasteiger partial charge in [-0.3, -0.25) is 0 Å². The van der Waals surface area contributed by atoms with E-state index in [4.69, 9.17) is 10.2 Å². The fourth-order valence-electron chi connectivity index (χ4n) is 3.15.